The first-order chi connectivity index (χ1) is 12.3. The van der Waals surface area contributed by atoms with Crippen molar-refractivity contribution in [1.29, 1.82) is 0 Å². The molecule has 128 valence electrons. The highest BCUT2D eigenvalue weighted by Crippen LogP contribution is 2.34. The number of hydrogen-bond acceptors (Lipinski definition) is 3. The molecule has 4 rings (SSSR count). The number of fused-ring (bicyclic) bond motifs is 1. The maximum atomic E-state index is 4.42. The van der Waals surface area contributed by atoms with Gasteiger partial charge in [0.05, 0.1) is 6.54 Å². The van der Waals surface area contributed by atoms with Crippen LogP contribution in [0.15, 0.2) is 67.0 Å². The fourth-order valence-electron chi connectivity index (χ4n) is 3.59. The van der Waals surface area contributed by atoms with Gasteiger partial charge in [-0.1, -0.05) is 48.5 Å². The smallest absolute Gasteiger partial charge is 0.122 e. The number of benzene rings is 2. The number of aromatic nitrogens is 2. The van der Waals surface area contributed by atoms with Crippen molar-refractivity contribution in [3.63, 3.8) is 0 Å². The largest absolute Gasteiger partial charge is 0.367 e. The molecule has 0 spiro atoms. The number of hydrogen-bond donors (Lipinski definition) is 1. The van der Waals surface area contributed by atoms with Gasteiger partial charge in [-0.05, 0) is 23.6 Å². The average Bonchev–Trinajstić information content (AvgIpc) is 3.07. The van der Waals surface area contributed by atoms with Crippen molar-refractivity contribution in [2.24, 2.45) is 7.05 Å². The molecule has 25 heavy (non-hydrogen) atoms. The Morgan fingerprint density at radius 1 is 1.08 bits per heavy atom. The molecule has 1 N–H and O–H groups in total. The van der Waals surface area contributed by atoms with Crippen molar-refractivity contribution >= 4 is 5.69 Å². The van der Waals surface area contributed by atoms with E-state index in [-0.39, 0.29) is 0 Å². The van der Waals surface area contributed by atoms with Gasteiger partial charge in [-0.25, -0.2) is 4.98 Å². The second-order valence-corrected chi connectivity index (χ2v) is 6.64. The molecule has 4 heteroatoms. The summed E-state index contributed by atoms with van der Waals surface area (Å²) in [6.07, 6.45) is 4.95. The summed E-state index contributed by atoms with van der Waals surface area (Å²) in [6, 6.07) is 19.9. The van der Waals surface area contributed by atoms with Gasteiger partial charge in [0, 0.05) is 44.3 Å². The maximum Gasteiger partial charge on any atom is 0.122 e. The Labute approximate surface area is 149 Å². The van der Waals surface area contributed by atoms with E-state index in [1.54, 1.807) is 0 Å². The lowest BCUT2D eigenvalue weighted by Crippen LogP contribution is -2.35. The van der Waals surface area contributed by atoms with Gasteiger partial charge in [-0.15, -0.1) is 0 Å². The second kappa shape index (κ2) is 7.11. The Balaban J connectivity index is 1.51. The molecule has 0 aliphatic carbocycles. The molecule has 0 bridgehead atoms. The number of nitrogens with zero attached hydrogens (tertiary/aromatic N) is 3. The van der Waals surface area contributed by atoms with Gasteiger partial charge in [0.15, 0.2) is 0 Å². The number of imidazole rings is 1. The number of anilines is 1. The second-order valence-electron chi connectivity index (χ2n) is 6.64. The first kappa shape index (κ1) is 15.9. The van der Waals surface area contributed by atoms with Crippen LogP contribution in [0.4, 0.5) is 5.69 Å². The van der Waals surface area contributed by atoms with E-state index in [4.69, 9.17) is 0 Å². The monoisotopic (exact) mass is 332 g/mol. The Kier molecular flexibility index (Phi) is 4.53. The van der Waals surface area contributed by atoms with Crippen molar-refractivity contribution in [2.75, 3.05) is 11.4 Å². The predicted molar refractivity (Wildman–Crippen MR) is 101 cm³/mol. The van der Waals surface area contributed by atoms with E-state index in [0.717, 1.165) is 31.9 Å². The van der Waals surface area contributed by atoms with Gasteiger partial charge < -0.3 is 14.8 Å². The molecule has 1 aliphatic rings. The van der Waals surface area contributed by atoms with Crippen molar-refractivity contribution in [1.82, 2.24) is 14.9 Å². The van der Waals surface area contributed by atoms with Gasteiger partial charge in [0.1, 0.15) is 5.82 Å². The summed E-state index contributed by atoms with van der Waals surface area (Å²) in [5.41, 5.74) is 4.09. The number of nitrogens with one attached hydrogen (secondary N) is 1. The first-order valence-corrected chi connectivity index (χ1v) is 8.88. The van der Waals surface area contributed by atoms with E-state index in [1.165, 1.54) is 16.8 Å². The van der Waals surface area contributed by atoms with E-state index in [9.17, 15) is 0 Å². The molecule has 0 saturated heterocycles. The fourth-order valence-corrected chi connectivity index (χ4v) is 3.59. The molecule has 2 aromatic carbocycles. The van der Waals surface area contributed by atoms with E-state index >= 15 is 0 Å². The number of rotatable bonds is 5. The van der Waals surface area contributed by atoms with Crippen LogP contribution in [0.2, 0.25) is 0 Å². The molecule has 1 aromatic heterocycles. The van der Waals surface area contributed by atoms with Crippen LogP contribution in [0.3, 0.4) is 0 Å². The average molecular weight is 332 g/mol. The van der Waals surface area contributed by atoms with Gasteiger partial charge >= 0.3 is 0 Å². The third-order valence-corrected chi connectivity index (χ3v) is 4.98. The summed E-state index contributed by atoms with van der Waals surface area (Å²) >= 11 is 0. The third kappa shape index (κ3) is 3.44. The van der Waals surface area contributed by atoms with E-state index in [1.807, 2.05) is 19.4 Å². The Hall–Kier alpha value is -2.59. The molecule has 0 amide bonds. The lowest BCUT2D eigenvalue weighted by molar-refractivity contribution is 0.465. The predicted octanol–water partition coefficient (Wildman–Crippen LogP) is 3.66. The molecule has 1 atom stereocenters. The van der Waals surface area contributed by atoms with Crippen LogP contribution in [0.25, 0.3) is 0 Å². The van der Waals surface area contributed by atoms with Crippen LogP contribution in [-0.4, -0.2) is 16.1 Å². The summed E-state index contributed by atoms with van der Waals surface area (Å²) in [7, 11) is 2.04. The van der Waals surface area contributed by atoms with Gasteiger partial charge in [0.25, 0.3) is 0 Å². The lowest BCUT2D eigenvalue weighted by Gasteiger charge is -2.36. The molecular formula is C21H24N4. The minimum Gasteiger partial charge on any atom is -0.367 e. The van der Waals surface area contributed by atoms with Gasteiger partial charge in [-0.2, -0.15) is 0 Å². The summed E-state index contributed by atoms with van der Waals surface area (Å²) in [6.45, 7) is 2.81. The number of para-hydroxylation sites is 1. The zero-order valence-corrected chi connectivity index (χ0v) is 14.6. The standard InChI is InChI=1S/C21H24N4/c1-24-14-12-22-21(24)15-23-19-11-13-25(16-17-7-3-2-4-8-17)20-10-6-5-9-18(19)20/h2-10,12,14,19,23H,11,13,15-16H2,1H3. The molecule has 3 aromatic rings. The van der Waals surface area contributed by atoms with Crippen molar-refractivity contribution in [3.05, 3.63) is 83.9 Å². The molecule has 0 saturated carbocycles. The van der Waals surface area contributed by atoms with E-state index < -0.39 is 0 Å². The molecule has 1 unspecified atom stereocenters. The molecule has 2 heterocycles. The van der Waals surface area contributed by atoms with Crippen LogP contribution in [-0.2, 0) is 20.1 Å². The normalized spacial score (nSPS) is 16.7. The van der Waals surface area contributed by atoms with E-state index in [2.05, 4.69) is 74.4 Å². The van der Waals surface area contributed by atoms with Gasteiger partial charge in [0.2, 0.25) is 0 Å². The lowest BCUT2D eigenvalue weighted by atomic mass is 9.96. The molecule has 1 aliphatic heterocycles. The quantitative estimate of drug-likeness (QED) is 0.774. The van der Waals surface area contributed by atoms with Crippen LogP contribution in [0.1, 0.15) is 29.4 Å². The molecule has 0 radical (unpaired) electrons. The first-order valence-electron chi connectivity index (χ1n) is 8.88. The minimum atomic E-state index is 0.375. The summed E-state index contributed by atoms with van der Waals surface area (Å²) in [5.74, 6) is 1.07. The highest BCUT2D eigenvalue weighted by molar-refractivity contribution is 5.57. The summed E-state index contributed by atoms with van der Waals surface area (Å²) < 4.78 is 2.07. The summed E-state index contributed by atoms with van der Waals surface area (Å²) in [5, 5.41) is 3.70. The highest BCUT2D eigenvalue weighted by atomic mass is 15.2. The van der Waals surface area contributed by atoms with Crippen LogP contribution >= 0.6 is 0 Å². The molecule has 0 fully saturated rings. The summed E-state index contributed by atoms with van der Waals surface area (Å²) in [4.78, 5) is 6.91. The number of aryl methyl sites for hydroxylation is 1. The third-order valence-electron chi connectivity index (χ3n) is 4.98. The minimum absolute atomic E-state index is 0.375. The Morgan fingerprint density at radius 3 is 2.68 bits per heavy atom. The zero-order valence-electron chi connectivity index (χ0n) is 14.6. The zero-order chi connectivity index (χ0) is 17.1. The van der Waals surface area contributed by atoms with Crippen molar-refractivity contribution in [2.45, 2.75) is 25.6 Å². The molecule has 4 nitrogen and oxygen atoms in total. The van der Waals surface area contributed by atoms with Crippen LogP contribution in [0, 0.1) is 0 Å². The molecular weight excluding hydrogens is 308 g/mol. The Bertz CT molecular complexity index is 825. The maximum absolute atomic E-state index is 4.42. The van der Waals surface area contributed by atoms with Gasteiger partial charge in [-0.3, -0.25) is 0 Å². The van der Waals surface area contributed by atoms with E-state index in [0.29, 0.717) is 6.04 Å². The highest BCUT2D eigenvalue weighted by Gasteiger charge is 2.24. The van der Waals surface area contributed by atoms with Crippen molar-refractivity contribution < 1.29 is 0 Å². The van der Waals surface area contributed by atoms with Crippen molar-refractivity contribution in [3.8, 4) is 0 Å². The topological polar surface area (TPSA) is 33.1 Å². The fraction of sp³-hybridized carbons (Fsp3) is 0.286. The van der Waals surface area contributed by atoms with Crippen LogP contribution < -0.4 is 10.2 Å². The SMILES string of the molecule is Cn1ccnc1CNC1CCN(Cc2ccccc2)c2ccccc21. The Morgan fingerprint density at radius 2 is 1.88 bits per heavy atom. The van der Waals surface area contributed by atoms with Crippen LogP contribution in [0.5, 0.6) is 0 Å².